The molecule has 4 N–H and O–H groups in total. The van der Waals surface area contributed by atoms with Gasteiger partial charge in [0.25, 0.3) is 11.8 Å². The Morgan fingerprint density at radius 1 is 0.398 bits per heavy atom. The third-order valence-corrected chi connectivity index (χ3v) is 24.2. The summed E-state index contributed by atoms with van der Waals surface area (Å²) in [6.45, 7) is 16.7. The van der Waals surface area contributed by atoms with E-state index >= 15 is 0 Å². The molecule has 0 saturated heterocycles. The highest BCUT2D eigenvalue weighted by molar-refractivity contribution is 7.91. The van der Waals surface area contributed by atoms with Crippen LogP contribution in [0, 0.1) is 10.8 Å². The molecule has 2 amide bonds. The predicted octanol–water partition coefficient (Wildman–Crippen LogP) is 9.26. The number of hydrogen-bond acceptors (Lipinski definition) is 30. The third kappa shape index (κ3) is 27.5. The molecular formula is C84H116N4O28S2. The molecule has 0 radical (unpaired) electrons. The number of nitrogens with zero attached hydrogens (tertiary/aromatic N) is 2. The molecule has 0 bridgehead atoms. The van der Waals surface area contributed by atoms with Crippen molar-refractivity contribution >= 4 is 114 Å². The number of aliphatic hydroxyl groups excluding tert-OH is 2. The van der Waals surface area contributed by atoms with Crippen molar-refractivity contribution in [2.45, 2.75) is 257 Å². The van der Waals surface area contributed by atoms with Gasteiger partial charge >= 0.3 is 59.7 Å². The van der Waals surface area contributed by atoms with Gasteiger partial charge in [-0.2, -0.15) is 0 Å². The number of anilines is 4. The van der Waals surface area contributed by atoms with Gasteiger partial charge in [0.1, 0.15) is 13.2 Å². The average molecular weight is 1690 g/mol. The molecule has 0 spiro atoms. The normalized spacial score (nSPS) is 18.6. The first-order chi connectivity index (χ1) is 55.3. The molecule has 1 unspecified atom stereocenters. The van der Waals surface area contributed by atoms with Crippen LogP contribution >= 0.6 is 0 Å². The highest BCUT2D eigenvalue weighted by atomic mass is 32.2. The number of fused-ring (bicyclic) bond motifs is 2. The predicted molar refractivity (Wildman–Crippen MR) is 432 cm³/mol. The van der Waals surface area contributed by atoms with Gasteiger partial charge in [-0.1, -0.05) is 103 Å². The fraction of sp³-hybridized carbons (Fsp3) is 0.571. The molecule has 0 aromatic heterocycles. The average Bonchev–Trinajstić information content (AvgIpc) is 1.58. The van der Waals surface area contributed by atoms with Gasteiger partial charge < -0.3 is 78.0 Å². The minimum Gasteiger partial charge on any atom is -0.462 e. The lowest BCUT2D eigenvalue weighted by Crippen LogP contribution is -2.56. The number of carbonyl (C=O) groups is 12. The zero-order valence-corrected chi connectivity index (χ0v) is 72.2. The number of benzene rings is 4. The Kier molecular flexibility index (Phi) is 37.3. The van der Waals surface area contributed by atoms with Crippen molar-refractivity contribution in [2.75, 3.05) is 73.3 Å². The van der Waals surface area contributed by atoms with Crippen LogP contribution in [0.1, 0.15) is 208 Å². The summed E-state index contributed by atoms with van der Waals surface area (Å²) in [7, 11) is -0.536. The summed E-state index contributed by atoms with van der Waals surface area (Å²) >= 11 is 0. The Morgan fingerprint density at radius 2 is 0.686 bits per heavy atom. The number of hydrogen-bond donors (Lipinski definition) is 4. The van der Waals surface area contributed by atoms with Gasteiger partial charge in [-0.25, -0.2) is 16.8 Å². The lowest BCUT2D eigenvalue weighted by atomic mass is 9.68. The molecule has 0 fully saturated rings. The zero-order valence-electron chi connectivity index (χ0n) is 70.5. The molecule has 2 aliphatic heterocycles. The van der Waals surface area contributed by atoms with Crippen molar-refractivity contribution in [3.63, 3.8) is 0 Å². The minimum atomic E-state index is -3.91. The van der Waals surface area contributed by atoms with Crippen molar-refractivity contribution in [1.29, 1.82) is 0 Å². The van der Waals surface area contributed by atoms with Crippen LogP contribution in [0.25, 0.3) is 0 Å². The van der Waals surface area contributed by atoms with Crippen molar-refractivity contribution in [1.82, 2.24) is 0 Å². The van der Waals surface area contributed by atoms with Crippen LogP contribution in [0.15, 0.2) is 94.7 Å². The standard InChI is InChI=1S/2C42H58N2O14S/c2*1-10-12-19-42(20-13-11-2)24-59(52,53)35-18-17-32(44(8)9)22-33(35)36(40(42)50)30-15-14-16-31(21-30)43-41(51)39(58-29(7)49)38(57-28(6)48)37(56-27(5)47)34(55-26(4)46)23-54-25(3)45/h2*14-18,21-22,34,36-40,50H,10-13,19-20,23-24H2,1-9H3,(H,43,51)/t34-,36?,37-,38+,39-,40-;34-,36+,37-,38+,39-,40+/m11/s1. The van der Waals surface area contributed by atoms with E-state index in [1.165, 1.54) is 12.1 Å². The maximum Gasteiger partial charge on any atom is 0.303 e. The largest absolute Gasteiger partial charge is 0.462 e. The molecular weight excluding hydrogens is 1580 g/mol. The summed E-state index contributed by atoms with van der Waals surface area (Å²) in [5, 5.41) is 30.6. The lowest BCUT2D eigenvalue weighted by Gasteiger charge is -2.40. The minimum absolute atomic E-state index is 0.100. The van der Waals surface area contributed by atoms with Crippen LogP contribution in [-0.2, 0) is 125 Å². The van der Waals surface area contributed by atoms with E-state index in [0.717, 1.165) is 94.9 Å². The second-order valence-corrected chi connectivity index (χ2v) is 34.1. The van der Waals surface area contributed by atoms with Gasteiger partial charge in [0, 0.05) is 143 Å². The van der Waals surface area contributed by atoms with Crippen LogP contribution in [0.4, 0.5) is 22.7 Å². The fourth-order valence-corrected chi connectivity index (χ4v) is 19.4. The molecule has 2 heterocycles. The second kappa shape index (κ2) is 44.7. The monoisotopic (exact) mass is 1690 g/mol. The molecule has 0 aliphatic carbocycles. The molecule has 0 saturated carbocycles. The van der Waals surface area contributed by atoms with Crippen molar-refractivity contribution in [3.05, 3.63) is 107 Å². The van der Waals surface area contributed by atoms with E-state index in [2.05, 4.69) is 10.6 Å². The van der Waals surface area contributed by atoms with Gasteiger partial charge in [0.15, 0.2) is 56.3 Å². The molecule has 4 aromatic carbocycles. The second-order valence-electron chi connectivity index (χ2n) is 30.2. The van der Waals surface area contributed by atoms with Crippen molar-refractivity contribution in [3.8, 4) is 0 Å². The SMILES string of the molecule is CCCCC1(CCCC)CS(=O)(=O)c2ccc(N(C)C)cc2C(c2cccc(NC(=O)[C@H](OC(C)=O)[C@@H](OC(C)=O)[C@H](OC(C)=O)[C@@H](COC(C)=O)OC(C)=O)c2)[C@H]1O.CCCCC1(CCCC)CS(=O)(=O)c2ccc(N(C)C)cc2[C@H](c2cccc(NC(=O)[C@H](OC(C)=O)[C@@H](OC(C)=O)[C@H](OC(C)=O)[C@@H](COC(C)=O)OC(C)=O)c2)[C@@H]1O. The van der Waals surface area contributed by atoms with E-state index in [9.17, 15) is 84.6 Å². The van der Waals surface area contributed by atoms with Gasteiger partial charge in [-0.05, 0) is 109 Å². The number of aliphatic hydroxyl groups is 2. The number of nitrogens with one attached hydrogen (secondary N) is 2. The molecule has 118 heavy (non-hydrogen) atoms. The molecule has 6 rings (SSSR count). The topological polar surface area (TPSA) is 436 Å². The third-order valence-electron chi connectivity index (χ3n) is 20.2. The van der Waals surface area contributed by atoms with E-state index < -0.39 is 188 Å². The smallest absolute Gasteiger partial charge is 0.303 e. The number of unbranched alkanes of at least 4 members (excludes halogenated alkanes) is 4. The Balaban J connectivity index is 0.000000420. The van der Waals surface area contributed by atoms with E-state index in [1.807, 2.05) is 65.7 Å². The van der Waals surface area contributed by atoms with E-state index in [4.69, 9.17) is 47.4 Å². The van der Waals surface area contributed by atoms with E-state index in [1.54, 1.807) is 72.8 Å². The lowest BCUT2D eigenvalue weighted by molar-refractivity contribution is -0.202. The Morgan fingerprint density at radius 3 is 0.949 bits per heavy atom. The van der Waals surface area contributed by atoms with Crippen LogP contribution < -0.4 is 20.4 Å². The summed E-state index contributed by atoms with van der Waals surface area (Å²) in [6.07, 6.45) is -9.59. The van der Waals surface area contributed by atoms with E-state index in [-0.39, 0.29) is 32.7 Å². The van der Waals surface area contributed by atoms with E-state index in [0.29, 0.717) is 85.0 Å². The molecule has 32 nitrogen and oxygen atoms in total. The summed E-state index contributed by atoms with van der Waals surface area (Å²) in [5.74, 6) is -13.8. The fourth-order valence-electron chi connectivity index (χ4n) is 15.0. The molecule has 652 valence electrons. The highest BCUT2D eigenvalue weighted by Gasteiger charge is 2.54. The number of esters is 10. The quantitative estimate of drug-likeness (QED) is 0.0240. The summed E-state index contributed by atoms with van der Waals surface area (Å²) in [6, 6.07) is 22.9. The maximum atomic E-state index is 14.3. The highest BCUT2D eigenvalue weighted by Crippen LogP contribution is 2.53. The number of carbonyl (C=O) groups excluding carboxylic acids is 12. The first kappa shape index (κ1) is 98.5. The van der Waals surface area contributed by atoms with Gasteiger partial charge in [-0.3, -0.25) is 57.5 Å². The first-order valence-electron chi connectivity index (χ1n) is 39.2. The van der Waals surface area contributed by atoms with Gasteiger partial charge in [0.2, 0.25) is 12.2 Å². The van der Waals surface area contributed by atoms with Crippen LogP contribution in [0.2, 0.25) is 0 Å². The number of ether oxygens (including phenoxy) is 10. The number of rotatable bonds is 38. The van der Waals surface area contributed by atoms with Gasteiger partial charge in [0.05, 0.1) is 33.5 Å². The molecule has 4 aromatic rings. The van der Waals surface area contributed by atoms with Crippen molar-refractivity contribution < 1.29 is 132 Å². The van der Waals surface area contributed by atoms with Crippen LogP contribution in [0.3, 0.4) is 0 Å². The summed E-state index contributed by atoms with van der Waals surface area (Å²) in [4.78, 5) is 155. The Labute approximate surface area is 690 Å². The number of sulfone groups is 2. The van der Waals surface area contributed by atoms with Crippen LogP contribution in [-0.4, -0.2) is 213 Å². The summed E-state index contributed by atoms with van der Waals surface area (Å²) < 4.78 is 110. The molecule has 12 atom stereocenters. The Hall–Kier alpha value is -10.1. The molecule has 34 heteroatoms. The van der Waals surface area contributed by atoms with Crippen LogP contribution in [0.5, 0.6) is 0 Å². The number of amides is 2. The van der Waals surface area contributed by atoms with Gasteiger partial charge in [-0.15, -0.1) is 0 Å². The first-order valence-corrected chi connectivity index (χ1v) is 42.5. The molecule has 2 aliphatic rings. The zero-order chi connectivity index (χ0) is 88.5. The van der Waals surface area contributed by atoms with Crippen molar-refractivity contribution in [2.24, 2.45) is 10.8 Å². The summed E-state index contributed by atoms with van der Waals surface area (Å²) in [5.41, 5.74) is 1.34. The maximum absolute atomic E-state index is 14.3. The Bertz CT molecular complexity index is 4160.